The number of aliphatic hydroxyl groups excluding tert-OH is 1. The molecule has 2 rings (SSSR count). The Labute approximate surface area is 183 Å². The van der Waals surface area contributed by atoms with Gasteiger partial charge < -0.3 is 15.1 Å². The Kier molecular flexibility index (Phi) is 9.42. The summed E-state index contributed by atoms with van der Waals surface area (Å²) in [7, 11) is 0. The highest BCUT2D eigenvalue weighted by atomic mass is 79.9. The predicted octanol–water partition coefficient (Wildman–Crippen LogP) is 4.87. The van der Waals surface area contributed by atoms with Gasteiger partial charge >= 0.3 is 11.9 Å². The lowest BCUT2D eigenvalue weighted by molar-refractivity contribution is -0.137. The molecule has 1 aliphatic rings. The van der Waals surface area contributed by atoms with Crippen molar-refractivity contribution >= 4 is 27.8 Å². The molecule has 0 radical (unpaired) electrons. The Morgan fingerprint density at radius 3 is 2.73 bits per heavy atom. The average molecular weight is 488 g/mol. The molecule has 166 valence electrons. The standard InChI is InChI=1S/C22H28BrF2NO4/c23-17-8-5-7-16(15-17)22(24,25)19(27)13-12-18-9-6-10-20(28)26(18)14-4-2-1-3-11-21(29)30/h5,7-8,12-13,15,18-19,27H,1-4,6,9-11,14H2,(H,29,30)/t18-,19-/m1/s1. The van der Waals surface area contributed by atoms with Gasteiger partial charge in [-0.3, -0.25) is 9.59 Å². The van der Waals surface area contributed by atoms with Gasteiger partial charge in [0.1, 0.15) is 6.10 Å². The lowest BCUT2D eigenvalue weighted by Crippen LogP contribution is -2.43. The van der Waals surface area contributed by atoms with Crippen LogP contribution in [0.5, 0.6) is 0 Å². The molecule has 5 nitrogen and oxygen atoms in total. The van der Waals surface area contributed by atoms with Crippen LogP contribution in [0.4, 0.5) is 8.78 Å². The molecule has 0 aliphatic carbocycles. The summed E-state index contributed by atoms with van der Waals surface area (Å²) in [6.45, 7) is 0.499. The molecule has 1 saturated heterocycles. The van der Waals surface area contributed by atoms with Crippen LogP contribution in [0, 0.1) is 0 Å². The number of aliphatic carboxylic acids is 1. The number of amides is 1. The Bertz CT molecular complexity index is 756. The molecule has 8 heteroatoms. The zero-order valence-electron chi connectivity index (χ0n) is 16.8. The molecule has 0 bridgehead atoms. The number of nitrogens with zero attached hydrogens (tertiary/aromatic N) is 1. The summed E-state index contributed by atoms with van der Waals surface area (Å²) in [5.41, 5.74) is -0.285. The van der Waals surface area contributed by atoms with Crippen molar-refractivity contribution in [2.24, 2.45) is 0 Å². The number of rotatable bonds is 11. The van der Waals surface area contributed by atoms with E-state index in [0.717, 1.165) is 25.3 Å². The molecule has 0 aromatic heterocycles. The molecule has 0 spiro atoms. The van der Waals surface area contributed by atoms with Gasteiger partial charge in [-0.25, -0.2) is 0 Å². The lowest BCUT2D eigenvalue weighted by atomic mass is 9.98. The number of likely N-dealkylation sites (tertiary alicyclic amines) is 1. The van der Waals surface area contributed by atoms with Crippen LogP contribution in [0.3, 0.4) is 0 Å². The fourth-order valence-corrected chi connectivity index (χ4v) is 3.97. The SMILES string of the molecule is O=C(O)CCCCCCN1C(=O)CCC[C@@H]1C=C[C@@H](O)C(F)(F)c1cccc(Br)c1. The van der Waals surface area contributed by atoms with Crippen LogP contribution in [0.2, 0.25) is 0 Å². The minimum Gasteiger partial charge on any atom is -0.481 e. The number of halogens is 3. The van der Waals surface area contributed by atoms with E-state index in [0.29, 0.717) is 36.7 Å². The summed E-state index contributed by atoms with van der Waals surface area (Å²) >= 11 is 3.16. The first-order valence-electron chi connectivity index (χ1n) is 10.2. The first-order valence-corrected chi connectivity index (χ1v) is 11.0. The van der Waals surface area contributed by atoms with Crippen molar-refractivity contribution in [3.05, 3.63) is 46.5 Å². The minimum absolute atomic E-state index is 0.0188. The van der Waals surface area contributed by atoms with E-state index >= 15 is 0 Å². The summed E-state index contributed by atoms with van der Waals surface area (Å²) in [5, 5.41) is 18.8. The first kappa shape index (κ1) is 24.5. The van der Waals surface area contributed by atoms with Crippen molar-refractivity contribution in [1.29, 1.82) is 0 Å². The molecule has 2 N–H and O–H groups in total. The number of carboxylic acids is 1. The third-order valence-electron chi connectivity index (χ3n) is 5.25. The Hall–Kier alpha value is -1.80. The quantitative estimate of drug-likeness (QED) is 0.344. The maximum Gasteiger partial charge on any atom is 0.303 e. The number of benzene rings is 1. The number of piperidine rings is 1. The van der Waals surface area contributed by atoms with E-state index < -0.39 is 18.0 Å². The van der Waals surface area contributed by atoms with Crippen LogP contribution in [0.25, 0.3) is 0 Å². The summed E-state index contributed by atoms with van der Waals surface area (Å²) in [6.07, 6.45) is 5.42. The molecule has 1 amide bonds. The normalized spacial score (nSPS) is 18.7. The zero-order valence-corrected chi connectivity index (χ0v) is 18.4. The van der Waals surface area contributed by atoms with E-state index in [4.69, 9.17) is 5.11 Å². The molecule has 0 saturated carbocycles. The van der Waals surface area contributed by atoms with Crippen molar-refractivity contribution in [3.63, 3.8) is 0 Å². The average Bonchev–Trinajstić information content (AvgIpc) is 2.69. The van der Waals surface area contributed by atoms with Crippen molar-refractivity contribution in [3.8, 4) is 0 Å². The summed E-state index contributed by atoms with van der Waals surface area (Å²) in [6, 6.07) is 5.34. The van der Waals surface area contributed by atoms with Gasteiger partial charge in [0.15, 0.2) is 0 Å². The van der Waals surface area contributed by atoms with E-state index in [-0.39, 0.29) is 23.9 Å². The van der Waals surface area contributed by atoms with Gasteiger partial charge in [0, 0.05) is 29.4 Å². The summed E-state index contributed by atoms with van der Waals surface area (Å²) < 4.78 is 29.7. The van der Waals surface area contributed by atoms with Crippen LogP contribution in [0.15, 0.2) is 40.9 Å². The number of aliphatic hydroxyl groups is 1. The van der Waals surface area contributed by atoms with Crippen molar-refractivity contribution in [2.45, 2.75) is 69.4 Å². The third-order valence-corrected chi connectivity index (χ3v) is 5.74. The fraction of sp³-hybridized carbons (Fsp3) is 0.545. The van der Waals surface area contributed by atoms with E-state index in [1.807, 2.05) is 0 Å². The van der Waals surface area contributed by atoms with Crippen LogP contribution in [-0.2, 0) is 15.5 Å². The zero-order chi connectivity index (χ0) is 22.1. The second kappa shape index (κ2) is 11.6. The first-order chi connectivity index (χ1) is 14.2. The highest BCUT2D eigenvalue weighted by Gasteiger charge is 2.39. The summed E-state index contributed by atoms with van der Waals surface area (Å²) in [5.74, 6) is -4.28. The maximum absolute atomic E-state index is 14.6. The lowest BCUT2D eigenvalue weighted by Gasteiger charge is -2.34. The van der Waals surface area contributed by atoms with E-state index in [9.17, 15) is 23.5 Å². The highest BCUT2D eigenvalue weighted by Crippen LogP contribution is 2.34. The Morgan fingerprint density at radius 2 is 2.03 bits per heavy atom. The number of carbonyl (C=O) groups excluding carboxylic acids is 1. The number of hydrogen-bond acceptors (Lipinski definition) is 3. The molecule has 1 heterocycles. The number of alkyl halides is 2. The van der Waals surface area contributed by atoms with Crippen LogP contribution < -0.4 is 0 Å². The monoisotopic (exact) mass is 487 g/mol. The molecule has 0 unspecified atom stereocenters. The number of carboxylic acid groups (broad SMARTS) is 1. The second-order valence-corrected chi connectivity index (χ2v) is 8.48. The van der Waals surface area contributed by atoms with Crippen LogP contribution >= 0.6 is 15.9 Å². The number of carbonyl (C=O) groups is 2. The van der Waals surface area contributed by atoms with Gasteiger partial charge in [-0.2, -0.15) is 8.78 Å². The molecular weight excluding hydrogens is 460 g/mol. The largest absolute Gasteiger partial charge is 0.481 e. The topological polar surface area (TPSA) is 77.8 Å². The number of hydrogen-bond donors (Lipinski definition) is 2. The van der Waals surface area contributed by atoms with Crippen molar-refractivity contribution in [1.82, 2.24) is 4.90 Å². The fourth-order valence-electron chi connectivity index (χ4n) is 3.57. The van der Waals surface area contributed by atoms with Gasteiger partial charge in [-0.05, 0) is 37.8 Å². The van der Waals surface area contributed by atoms with Gasteiger partial charge in [-0.1, -0.05) is 53.1 Å². The molecule has 1 aromatic rings. The minimum atomic E-state index is -3.45. The maximum atomic E-state index is 14.6. The molecular formula is C22H28BrF2NO4. The van der Waals surface area contributed by atoms with Gasteiger partial charge in [0.05, 0.1) is 6.04 Å². The van der Waals surface area contributed by atoms with Crippen molar-refractivity contribution in [2.75, 3.05) is 6.54 Å². The van der Waals surface area contributed by atoms with Gasteiger partial charge in [-0.15, -0.1) is 0 Å². The second-order valence-electron chi connectivity index (χ2n) is 7.57. The van der Waals surface area contributed by atoms with E-state index in [2.05, 4.69) is 15.9 Å². The van der Waals surface area contributed by atoms with Crippen molar-refractivity contribution < 1.29 is 28.6 Å². The Balaban J connectivity index is 1.95. The predicted molar refractivity (Wildman–Crippen MR) is 113 cm³/mol. The molecule has 30 heavy (non-hydrogen) atoms. The van der Waals surface area contributed by atoms with Gasteiger partial charge in [0.2, 0.25) is 5.91 Å². The Morgan fingerprint density at radius 1 is 1.30 bits per heavy atom. The van der Waals surface area contributed by atoms with Gasteiger partial charge in [0.25, 0.3) is 0 Å². The van der Waals surface area contributed by atoms with E-state index in [1.54, 1.807) is 11.0 Å². The molecule has 1 aliphatic heterocycles. The third kappa shape index (κ3) is 7.16. The molecule has 1 aromatic carbocycles. The highest BCUT2D eigenvalue weighted by molar-refractivity contribution is 9.10. The van der Waals surface area contributed by atoms with Crippen LogP contribution in [-0.4, -0.2) is 45.7 Å². The van der Waals surface area contributed by atoms with Crippen LogP contribution in [0.1, 0.15) is 56.9 Å². The molecule has 2 atom stereocenters. The smallest absolute Gasteiger partial charge is 0.303 e. The molecule has 1 fully saturated rings. The number of unbranched alkanes of at least 4 members (excludes halogenated alkanes) is 3. The summed E-state index contributed by atoms with van der Waals surface area (Å²) in [4.78, 5) is 24.5. The van der Waals surface area contributed by atoms with E-state index in [1.165, 1.54) is 24.3 Å².